The van der Waals surface area contributed by atoms with Crippen molar-refractivity contribution in [2.24, 2.45) is 0 Å². The van der Waals surface area contributed by atoms with Gasteiger partial charge in [0.1, 0.15) is 5.75 Å². The third-order valence-electron chi connectivity index (χ3n) is 3.74. The molecule has 0 atom stereocenters. The highest BCUT2D eigenvalue weighted by atomic mass is 35.5. The molecule has 5 heteroatoms. The molecule has 3 rings (SSSR count). The molecule has 2 aromatic rings. The van der Waals surface area contributed by atoms with Gasteiger partial charge >= 0.3 is 0 Å². The number of hydrogen-bond donors (Lipinski definition) is 0. The number of ether oxygens (including phenoxy) is 1. The number of hydrogen-bond acceptors (Lipinski definition) is 4. The zero-order valence-electron chi connectivity index (χ0n) is 12.0. The van der Waals surface area contributed by atoms with E-state index in [4.69, 9.17) is 20.8 Å². The maximum Gasteiger partial charge on any atom is 0.253 e. The Hall–Kier alpha value is -1.55. The van der Waals surface area contributed by atoms with Gasteiger partial charge in [-0.2, -0.15) is 0 Å². The van der Waals surface area contributed by atoms with Crippen molar-refractivity contribution in [1.29, 1.82) is 0 Å². The zero-order valence-corrected chi connectivity index (χ0v) is 12.7. The second-order valence-electron chi connectivity index (χ2n) is 5.27. The Balaban J connectivity index is 1.64. The first-order chi connectivity index (χ1) is 10.4. The monoisotopic (exact) mass is 306 g/mol. The van der Waals surface area contributed by atoms with Gasteiger partial charge in [0.2, 0.25) is 5.89 Å². The van der Waals surface area contributed by atoms with Crippen LogP contribution >= 0.6 is 11.6 Å². The first-order valence-electron chi connectivity index (χ1n) is 7.47. The van der Waals surface area contributed by atoms with Crippen LogP contribution in [0.15, 0.2) is 22.6 Å². The maximum atomic E-state index is 5.89. The van der Waals surface area contributed by atoms with E-state index in [1.165, 1.54) is 24.0 Å². The van der Waals surface area contributed by atoms with Gasteiger partial charge in [0.05, 0.1) is 0 Å². The molecule has 1 aromatic heterocycles. The topological polar surface area (TPSA) is 48.2 Å². The van der Waals surface area contributed by atoms with Crippen LogP contribution in [0.2, 0.25) is 0 Å². The molecular weight excluding hydrogens is 288 g/mol. The highest BCUT2D eigenvalue weighted by molar-refractivity contribution is 6.17. The first-order valence-corrected chi connectivity index (χ1v) is 8.01. The molecule has 21 heavy (non-hydrogen) atoms. The maximum absolute atomic E-state index is 5.89. The fourth-order valence-electron chi connectivity index (χ4n) is 2.69. The van der Waals surface area contributed by atoms with E-state index in [1.807, 2.05) is 6.07 Å². The van der Waals surface area contributed by atoms with Crippen LogP contribution in [0.3, 0.4) is 0 Å². The van der Waals surface area contributed by atoms with Gasteiger partial charge in [-0.3, -0.25) is 0 Å². The average molecular weight is 307 g/mol. The summed E-state index contributed by atoms with van der Waals surface area (Å²) in [6.07, 6.45) is 6.31. The lowest BCUT2D eigenvalue weighted by Gasteiger charge is -2.18. The minimum atomic E-state index is 0.324. The number of aryl methyl sites for hydroxylation is 2. The molecule has 1 aliphatic carbocycles. The molecule has 1 aromatic carbocycles. The van der Waals surface area contributed by atoms with Gasteiger partial charge in [-0.05, 0) is 49.3 Å². The minimum absolute atomic E-state index is 0.324. The van der Waals surface area contributed by atoms with E-state index in [0.29, 0.717) is 24.3 Å². The Morgan fingerprint density at radius 1 is 1.14 bits per heavy atom. The van der Waals surface area contributed by atoms with Crippen molar-refractivity contribution in [3.63, 3.8) is 0 Å². The Morgan fingerprint density at radius 3 is 2.90 bits per heavy atom. The normalized spacial score (nSPS) is 14.0. The molecule has 1 aliphatic rings. The van der Waals surface area contributed by atoms with E-state index >= 15 is 0 Å². The number of aromatic nitrogens is 2. The zero-order chi connectivity index (χ0) is 14.5. The molecular formula is C16H19ClN2O2. The fourth-order valence-corrected chi connectivity index (χ4v) is 2.82. The van der Waals surface area contributed by atoms with Crippen molar-refractivity contribution >= 4 is 11.6 Å². The number of nitrogens with zero attached hydrogens (tertiary/aromatic N) is 2. The van der Waals surface area contributed by atoms with Crippen molar-refractivity contribution in [2.45, 2.75) is 45.1 Å². The SMILES string of the molecule is ClCCCc1nnc(COc2cccc3c2CCCC3)o1. The first kappa shape index (κ1) is 14.4. The second kappa shape index (κ2) is 6.94. The van der Waals surface area contributed by atoms with Gasteiger partial charge < -0.3 is 9.15 Å². The van der Waals surface area contributed by atoms with Crippen molar-refractivity contribution in [2.75, 3.05) is 5.88 Å². The largest absolute Gasteiger partial charge is 0.484 e. The molecule has 112 valence electrons. The van der Waals surface area contributed by atoms with Crippen LogP contribution in [0.5, 0.6) is 5.75 Å². The number of benzene rings is 1. The molecule has 0 aliphatic heterocycles. The molecule has 0 unspecified atom stereocenters. The third kappa shape index (κ3) is 3.56. The lowest BCUT2D eigenvalue weighted by atomic mass is 9.91. The summed E-state index contributed by atoms with van der Waals surface area (Å²) in [7, 11) is 0. The Labute approximate surface area is 129 Å². The van der Waals surface area contributed by atoms with Crippen molar-refractivity contribution in [1.82, 2.24) is 10.2 Å². The van der Waals surface area contributed by atoms with Gasteiger partial charge in [0, 0.05) is 12.3 Å². The molecule has 0 N–H and O–H groups in total. The fraction of sp³-hybridized carbons (Fsp3) is 0.500. The summed E-state index contributed by atoms with van der Waals surface area (Å²) in [5.41, 5.74) is 2.75. The van der Waals surface area contributed by atoms with E-state index in [-0.39, 0.29) is 0 Å². The van der Waals surface area contributed by atoms with Crippen molar-refractivity contribution < 1.29 is 9.15 Å². The molecule has 0 radical (unpaired) electrons. The summed E-state index contributed by atoms with van der Waals surface area (Å²) >= 11 is 5.65. The van der Waals surface area contributed by atoms with Crippen LogP contribution in [-0.4, -0.2) is 16.1 Å². The van der Waals surface area contributed by atoms with E-state index < -0.39 is 0 Å². The lowest BCUT2D eigenvalue weighted by molar-refractivity contribution is 0.255. The van der Waals surface area contributed by atoms with Crippen LogP contribution in [0, 0.1) is 0 Å². The molecule has 0 saturated carbocycles. The summed E-state index contributed by atoms with van der Waals surface area (Å²) in [5.74, 6) is 2.70. The Kier molecular flexibility index (Phi) is 4.76. The Bertz CT molecular complexity index is 598. The molecule has 1 heterocycles. The van der Waals surface area contributed by atoms with E-state index in [9.17, 15) is 0 Å². The van der Waals surface area contributed by atoms with Gasteiger partial charge in [-0.1, -0.05) is 12.1 Å². The second-order valence-corrected chi connectivity index (χ2v) is 5.65. The molecule has 4 nitrogen and oxygen atoms in total. The molecule has 0 saturated heterocycles. The van der Waals surface area contributed by atoms with Crippen molar-refractivity contribution in [3.8, 4) is 5.75 Å². The van der Waals surface area contributed by atoms with Crippen LogP contribution in [0.4, 0.5) is 0 Å². The Morgan fingerprint density at radius 2 is 2.00 bits per heavy atom. The van der Waals surface area contributed by atoms with Gasteiger partial charge in [0.25, 0.3) is 5.89 Å². The van der Waals surface area contributed by atoms with Gasteiger partial charge in [-0.15, -0.1) is 21.8 Å². The summed E-state index contributed by atoms with van der Waals surface area (Å²) < 4.78 is 11.4. The predicted octanol–water partition coefficient (Wildman–Crippen LogP) is 3.70. The van der Waals surface area contributed by atoms with Gasteiger partial charge in [0.15, 0.2) is 6.61 Å². The summed E-state index contributed by atoms with van der Waals surface area (Å²) in [6.45, 7) is 0.324. The number of fused-ring (bicyclic) bond motifs is 1. The number of rotatable bonds is 6. The minimum Gasteiger partial charge on any atom is -0.484 e. The molecule has 0 bridgehead atoms. The van der Waals surface area contributed by atoms with Crippen molar-refractivity contribution in [3.05, 3.63) is 41.1 Å². The number of alkyl halides is 1. The van der Waals surface area contributed by atoms with Crippen LogP contribution in [0.25, 0.3) is 0 Å². The summed E-state index contributed by atoms with van der Waals surface area (Å²) in [4.78, 5) is 0. The standard InChI is InChI=1S/C16H19ClN2O2/c17-10-4-9-15-18-19-16(21-15)11-20-14-8-3-6-12-5-1-2-7-13(12)14/h3,6,8H,1-2,4-5,7,9-11H2. The average Bonchev–Trinajstić information content (AvgIpc) is 2.99. The van der Waals surface area contributed by atoms with Crippen LogP contribution < -0.4 is 4.74 Å². The lowest BCUT2D eigenvalue weighted by Crippen LogP contribution is -2.06. The predicted molar refractivity (Wildman–Crippen MR) is 80.8 cm³/mol. The van der Waals surface area contributed by atoms with E-state index in [2.05, 4.69) is 22.3 Å². The quantitative estimate of drug-likeness (QED) is 0.764. The van der Waals surface area contributed by atoms with Crippen LogP contribution in [-0.2, 0) is 25.9 Å². The third-order valence-corrected chi connectivity index (χ3v) is 4.00. The number of halogens is 1. The molecule has 0 spiro atoms. The van der Waals surface area contributed by atoms with Crippen LogP contribution in [0.1, 0.15) is 42.2 Å². The smallest absolute Gasteiger partial charge is 0.253 e. The molecule has 0 fully saturated rings. The summed E-state index contributed by atoms with van der Waals surface area (Å²) in [5, 5.41) is 8.01. The van der Waals surface area contributed by atoms with E-state index in [0.717, 1.165) is 31.4 Å². The molecule has 0 amide bonds. The van der Waals surface area contributed by atoms with Gasteiger partial charge in [-0.25, -0.2) is 0 Å². The van der Waals surface area contributed by atoms with E-state index in [1.54, 1.807) is 0 Å². The highest BCUT2D eigenvalue weighted by Gasteiger charge is 2.14. The highest BCUT2D eigenvalue weighted by Crippen LogP contribution is 2.29. The summed E-state index contributed by atoms with van der Waals surface area (Å²) in [6, 6.07) is 6.27.